The average molecular weight is 416 g/mol. The van der Waals surface area contributed by atoms with Crippen molar-refractivity contribution in [3.05, 3.63) is 77.2 Å². The maximum Gasteiger partial charge on any atom is 0.236 e. The lowest BCUT2D eigenvalue weighted by molar-refractivity contribution is 0.266. The Balaban J connectivity index is 1.45. The predicted molar refractivity (Wildman–Crippen MR) is 118 cm³/mol. The predicted octanol–water partition coefficient (Wildman–Crippen LogP) is 2.72. The highest BCUT2D eigenvalue weighted by molar-refractivity contribution is 7.92. The highest BCUT2D eigenvalue weighted by Gasteiger charge is 2.25. The summed E-state index contributed by atoms with van der Waals surface area (Å²) in [7, 11) is -3.42. The molecule has 1 N–H and O–H groups in total. The number of hydrogen-bond acceptors (Lipinski definition) is 3. The zero-order valence-electron chi connectivity index (χ0n) is 15.7. The molecule has 0 atom stereocenters. The van der Waals surface area contributed by atoms with Gasteiger partial charge in [-0.2, -0.15) is 4.31 Å². The van der Waals surface area contributed by atoms with Gasteiger partial charge in [0.25, 0.3) is 0 Å². The van der Waals surface area contributed by atoms with Crippen LogP contribution < -0.4 is 5.32 Å². The normalized spacial score (nSPS) is 15.6. The Bertz CT molecular complexity index is 892. The van der Waals surface area contributed by atoms with E-state index in [0.29, 0.717) is 31.3 Å². The molecule has 5 nitrogen and oxygen atoms in total. The molecule has 2 aromatic carbocycles. The number of thiocarbonyl (C=S) groups is 1. The number of hydrogen-bond donors (Lipinski definition) is 1. The summed E-state index contributed by atoms with van der Waals surface area (Å²) in [5, 5.41) is 5.25. The van der Waals surface area contributed by atoms with Crippen molar-refractivity contribution in [3.63, 3.8) is 0 Å². The zero-order chi connectivity index (χ0) is 19.8. The van der Waals surface area contributed by atoms with Gasteiger partial charge in [0.05, 0.1) is 0 Å². The molecule has 1 heterocycles. The van der Waals surface area contributed by atoms with Crippen LogP contribution in [-0.2, 0) is 16.4 Å². The fourth-order valence-electron chi connectivity index (χ4n) is 3.03. The molecule has 0 aliphatic carbocycles. The molecule has 0 amide bonds. The summed E-state index contributed by atoms with van der Waals surface area (Å²) < 4.78 is 26.6. The van der Waals surface area contributed by atoms with Crippen LogP contribution in [-0.4, -0.2) is 55.5 Å². The third kappa shape index (κ3) is 5.89. The number of nitrogens with zero attached hydrogens (tertiary/aromatic N) is 2. The van der Waals surface area contributed by atoms with Crippen molar-refractivity contribution < 1.29 is 8.42 Å². The van der Waals surface area contributed by atoms with Gasteiger partial charge in [-0.1, -0.05) is 60.7 Å². The number of sulfonamides is 1. The molecule has 0 bridgehead atoms. The third-order valence-corrected chi connectivity index (χ3v) is 6.62. The van der Waals surface area contributed by atoms with Crippen molar-refractivity contribution in [2.24, 2.45) is 0 Å². The molecule has 0 unspecified atom stereocenters. The minimum absolute atomic E-state index is 0.433. The van der Waals surface area contributed by atoms with E-state index in [1.54, 1.807) is 6.08 Å². The molecule has 0 spiro atoms. The van der Waals surface area contributed by atoms with E-state index in [1.165, 1.54) is 15.3 Å². The van der Waals surface area contributed by atoms with Crippen LogP contribution in [0, 0.1) is 0 Å². The summed E-state index contributed by atoms with van der Waals surface area (Å²) in [6.07, 6.45) is 2.54. The van der Waals surface area contributed by atoms with Gasteiger partial charge in [-0.25, -0.2) is 8.42 Å². The summed E-state index contributed by atoms with van der Waals surface area (Å²) in [5.41, 5.74) is 2.13. The molecular formula is C21H25N3O2S2. The lowest BCUT2D eigenvalue weighted by Crippen LogP contribution is -2.52. The van der Waals surface area contributed by atoms with Crippen LogP contribution in [0.4, 0.5) is 0 Å². The number of rotatable bonds is 6. The minimum Gasteiger partial charge on any atom is -0.362 e. The molecule has 28 heavy (non-hydrogen) atoms. The van der Waals surface area contributed by atoms with Crippen molar-refractivity contribution in [3.8, 4) is 0 Å². The topological polar surface area (TPSA) is 52.7 Å². The van der Waals surface area contributed by atoms with E-state index in [2.05, 4.69) is 17.4 Å². The van der Waals surface area contributed by atoms with E-state index in [4.69, 9.17) is 12.2 Å². The quantitative estimate of drug-likeness (QED) is 0.736. The Labute approximate surface area is 172 Å². The highest BCUT2D eigenvalue weighted by atomic mass is 32.2. The Morgan fingerprint density at radius 1 is 0.964 bits per heavy atom. The smallest absolute Gasteiger partial charge is 0.236 e. The Hall–Kier alpha value is -2.22. The van der Waals surface area contributed by atoms with E-state index in [1.807, 2.05) is 53.4 Å². The second kappa shape index (κ2) is 9.82. The maximum absolute atomic E-state index is 12.5. The molecule has 2 aromatic rings. The minimum atomic E-state index is -3.42. The second-order valence-electron chi connectivity index (χ2n) is 6.61. The SMILES string of the molecule is O=S(=O)(/C=C/c1ccccc1)N1CCN(C(=S)NCCc2ccccc2)CC1. The molecule has 7 heteroatoms. The van der Waals surface area contributed by atoms with Crippen LogP contribution in [0.2, 0.25) is 0 Å². The van der Waals surface area contributed by atoms with Crippen LogP contribution in [0.15, 0.2) is 66.1 Å². The molecule has 1 aliphatic rings. The van der Waals surface area contributed by atoms with Gasteiger partial charge in [-0.3, -0.25) is 0 Å². The first-order chi connectivity index (χ1) is 13.5. The molecule has 1 saturated heterocycles. The second-order valence-corrected chi connectivity index (χ2v) is 8.82. The first-order valence-corrected chi connectivity index (χ1v) is 11.3. The first-order valence-electron chi connectivity index (χ1n) is 9.34. The maximum atomic E-state index is 12.5. The molecule has 1 fully saturated rings. The molecule has 0 radical (unpaired) electrons. The van der Waals surface area contributed by atoms with Crippen LogP contribution in [0.1, 0.15) is 11.1 Å². The van der Waals surface area contributed by atoms with Crippen molar-refractivity contribution in [1.82, 2.24) is 14.5 Å². The summed E-state index contributed by atoms with van der Waals surface area (Å²) in [5.74, 6) is 0. The first kappa shape index (κ1) is 20.5. The molecular weight excluding hydrogens is 390 g/mol. The van der Waals surface area contributed by atoms with Crippen LogP contribution in [0.3, 0.4) is 0 Å². The Morgan fingerprint density at radius 2 is 1.57 bits per heavy atom. The monoisotopic (exact) mass is 415 g/mol. The van der Waals surface area contributed by atoms with Gasteiger partial charge < -0.3 is 10.2 Å². The largest absolute Gasteiger partial charge is 0.362 e. The van der Waals surface area contributed by atoms with Gasteiger partial charge in [-0.15, -0.1) is 0 Å². The van der Waals surface area contributed by atoms with Crippen LogP contribution in [0.5, 0.6) is 0 Å². The molecule has 3 rings (SSSR count). The van der Waals surface area contributed by atoms with Crippen molar-refractivity contribution >= 4 is 33.4 Å². The van der Waals surface area contributed by atoms with E-state index < -0.39 is 10.0 Å². The van der Waals surface area contributed by atoms with Crippen molar-refractivity contribution in [2.75, 3.05) is 32.7 Å². The summed E-state index contributed by atoms with van der Waals surface area (Å²) >= 11 is 5.47. The van der Waals surface area contributed by atoms with Gasteiger partial charge in [-0.05, 0) is 35.8 Å². The van der Waals surface area contributed by atoms with Crippen molar-refractivity contribution in [1.29, 1.82) is 0 Å². The summed E-state index contributed by atoms with van der Waals surface area (Å²) in [6, 6.07) is 19.7. The number of piperazine rings is 1. The third-order valence-electron chi connectivity index (χ3n) is 4.65. The molecule has 1 aliphatic heterocycles. The van der Waals surface area contributed by atoms with Gasteiger partial charge in [0, 0.05) is 38.1 Å². The van der Waals surface area contributed by atoms with Gasteiger partial charge in [0.1, 0.15) is 0 Å². The molecule has 0 saturated carbocycles. The number of nitrogens with one attached hydrogen (secondary N) is 1. The van der Waals surface area contributed by atoms with E-state index in [9.17, 15) is 8.42 Å². The Morgan fingerprint density at radius 3 is 2.21 bits per heavy atom. The highest BCUT2D eigenvalue weighted by Crippen LogP contribution is 2.12. The van der Waals surface area contributed by atoms with E-state index in [0.717, 1.165) is 18.5 Å². The lowest BCUT2D eigenvalue weighted by Gasteiger charge is -2.35. The lowest BCUT2D eigenvalue weighted by atomic mass is 10.1. The van der Waals surface area contributed by atoms with E-state index in [-0.39, 0.29) is 0 Å². The summed E-state index contributed by atoms with van der Waals surface area (Å²) in [4.78, 5) is 2.03. The van der Waals surface area contributed by atoms with Crippen LogP contribution in [0.25, 0.3) is 6.08 Å². The van der Waals surface area contributed by atoms with Crippen molar-refractivity contribution in [2.45, 2.75) is 6.42 Å². The number of benzene rings is 2. The zero-order valence-corrected chi connectivity index (χ0v) is 17.3. The van der Waals surface area contributed by atoms with Gasteiger partial charge in [0.15, 0.2) is 5.11 Å². The summed E-state index contributed by atoms with van der Waals surface area (Å²) in [6.45, 7) is 2.82. The fourth-order valence-corrected chi connectivity index (χ4v) is 4.49. The molecule has 0 aromatic heterocycles. The molecule has 148 valence electrons. The fraction of sp³-hybridized carbons (Fsp3) is 0.286. The van der Waals surface area contributed by atoms with E-state index >= 15 is 0 Å². The average Bonchev–Trinajstić information content (AvgIpc) is 2.74. The van der Waals surface area contributed by atoms with Gasteiger partial charge in [0.2, 0.25) is 10.0 Å². The van der Waals surface area contributed by atoms with Gasteiger partial charge >= 0.3 is 0 Å². The Kier molecular flexibility index (Phi) is 7.19. The standard InChI is InChI=1S/C21H25N3O2S2/c25-28(26,18-12-20-9-5-2-6-10-20)24-16-14-23(15-17-24)21(27)22-13-11-19-7-3-1-4-8-19/h1-10,12,18H,11,13-17H2,(H,22,27)/b18-12+. The van der Waals surface area contributed by atoms with Crippen LogP contribution >= 0.6 is 12.2 Å².